The van der Waals surface area contributed by atoms with Gasteiger partial charge >= 0.3 is 0 Å². The molecule has 0 N–H and O–H groups in total. The maximum absolute atomic E-state index is 12.3. The normalized spacial score (nSPS) is 11.1. The zero-order chi connectivity index (χ0) is 14.1. The molecule has 1 aromatic carbocycles. The number of rotatable bonds is 3. The first-order valence-corrected chi connectivity index (χ1v) is 8.10. The van der Waals surface area contributed by atoms with Crippen molar-refractivity contribution in [3.8, 4) is 11.1 Å². The average Bonchev–Trinajstić information content (AvgIpc) is 2.88. The Morgan fingerprint density at radius 2 is 2.05 bits per heavy atom. The van der Waals surface area contributed by atoms with Crippen molar-refractivity contribution < 1.29 is 0 Å². The molecule has 5 heteroatoms. The van der Waals surface area contributed by atoms with Gasteiger partial charge in [0.05, 0.1) is 11.8 Å². The lowest BCUT2D eigenvalue weighted by atomic mass is 10.1. The second-order valence-electron chi connectivity index (χ2n) is 4.58. The lowest BCUT2D eigenvalue weighted by molar-refractivity contribution is 0.649. The Bertz CT molecular complexity index is 805. The smallest absolute Gasteiger partial charge is 0.271 e. The maximum Gasteiger partial charge on any atom is 0.271 e. The van der Waals surface area contributed by atoms with E-state index < -0.39 is 0 Å². The third kappa shape index (κ3) is 2.31. The van der Waals surface area contributed by atoms with Crippen LogP contribution in [0.15, 0.2) is 45.2 Å². The number of nitrogens with zero attached hydrogens (tertiary/aromatic N) is 2. The lowest BCUT2D eigenvalue weighted by Crippen LogP contribution is -2.19. The van der Waals surface area contributed by atoms with Gasteiger partial charge < -0.3 is 0 Å². The molecule has 0 radical (unpaired) electrons. The molecule has 102 valence electrons. The molecule has 2 aromatic heterocycles. The van der Waals surface area contributed by atoms with Crippen molar-refractivity contribution in [3.05, 3.63) is 50.8 Å². The summed E-state index contributed by atoms with van der Waals surface area (Å²) < 4.78 is 3.46. The zero-order valence-electron chi connectivity index (χ0n) is 11.0. The Morgan fingerprint density at radius 3 is 2.75 bits per heavy atom. The molecule has 0 aliphatic rings. The second-order valence-corrected chi connectivity index (χ2v) is 6.37. The van der Waals surface area contributed by atoms with E-state index in [1.165, 1.54) is 11.3 Å². The maximum atomic E-state index is 12.3. The standard InChI is InChI=1S/C15H13BrN2OS/c1-2-7-18-9-17-13-12(8-20-14(13)15(18)19)10-3-5-11(16)6-4-10/h3-6,8-9H,2,7H2,1H3. The summed E-state index contributed by atoms with van der Waals surface area (Å²) in [4.78, 5) is 16.8. The van der Waals surface area contributed by atoms with Crippen molar-refractivity contribution in [1.29, 1.82) is 0 Å². The molecule has 0 fully saturated rings. The molecule has 0 saturated carbocycles. The van der Waals surface area contributed by atoms with Gasteiger partial charge in [0, 0.05) is 22.0 Å². The molecule has 0 saturated heterocycles. The van der Waals surface area contributed by atoms with Crippen LogP contribution in [0, 0.1) is 0 Å². The minimum atomic E-state index is 0.0604. The third-order valence-corrected chi connectivity index (χ3v) is 4.65. The molecule has 0 spiro atoms. The van der Waals surface area contributed by atoms with E-state index in [9.17, 15) is 4.79 Å². The molecule has 0 atom stereocenters. The van der Waals surface area contributed by atoms with Crippen LogP contribution in [0.4, 0.5) is 0 Å². The van der Waals surface area contributed by atoms with E-state index in [1.807, 2.05) is 29.6 Å². The summed E-state index contributed by atoms with van der Waals surface area (Å²) in [6.07, 6.45) is 2.58. The first kappa shape index (κ1) is 13.5. The number of benzene rings is 1. The first-order chi connectivity index (χ1) is 9.70. The van der Waals surface area contributed by atoms with Crippen molar-refractivity contribution in [2.75, 3.05) is 0 Å². The molecule has 3 nitrogen and oxygen atoms in total. The van der Waals surface area contributed by atoms with Crippen LogP contribution < -0.4 is 5.56 Å². The lowest BCUT2D eigenvalue weighted by Gasteiger charge is -2.03. The molecule has 0 unspecified atom stereocenters. The number of hydrogen-bond acceptors (Lipinski definition) is 3. The molecular formula is C15H13BrN2OS. The summed E-state index contributed by atoms with van der Waals surface area (Å²) >= 11 is 4.90. The quantitative estimate of drug-likeness (QED) is 0.707. The van der Waals surface area contributed by atoms with E-state index in [0.717, 1.165) is 32.2 Å². The Balaban J connectivity index is 2.17. The first-order valence-electron chi connectivity index (χ1n) is 6.43. The number of halogens is 1. The molecule has 3 rings (SSSR count). The van der Waals surface area contributed by atoms with Crippen LogP contribution >= 0.6 is 27.3 Å². The Morgan fingerprint density at radius 1 is 1.30 bits per heavy atom. The minimum Gasteiger partial charge on any atom is -0.298 e. The van der Waals surface area contributed by atoms with Gasteiger partial charge in [-0.2, -0.15) is 0 Å². The van der Waals surface area contributed by atoms with Crippen molar-refractivity contribution in [2.45, 2.75) is 19.9 Å². The zero-order valence-corrected chi connectivity index (χ0v) is 13.4. The van der Waals surface area contributed by atoms with Gasteiger partial charge in [0.2, 0.25) is 0 Å². The van der Waals surface area contributed by atoms with Crippen molar-refractivity contribution in [3.63, 3.8) is 0 Å². The Hall–Kier alpha value is -1.46. The molecule has 0 amide bonds. The van der Waals surface area contributed by atoms with Gasteiger partial charge in [-0.05, 0) is 24.1 Å². The predicted molar refractivity (Wildman–Crippen MR) is 87.3 cm³/mol. The molecular weight excluding hydrogens is 336 g/mol. The van der Waals surface area contributed by atoms with Crippen molar-refractivity contribution >= 4 is 37.5 Å². The van der Waals surface area contributed by atoms with E-state index in [4.69, 9.17) is 0 Å². The average molecular weight is 349 g/mol. The van der Waals surface area contributed by atoms with Gasteiger partial charge in [-0.1, -0.05) is 35.0 Å². The Labute approximate surface area is 129 Å². The summed E-state index contributed by atoms with van der Waals surface area (Å²) in [5.74, 6) is 0. The largest absolute Gasteiger partial charge is 0.298 e. The van der Waals surface area contributed by atoms with Gasteiger partial charge in [-0.15, -0.1) is 11.3 Å². The second kappa shape index (κ2) is 5.50. The Kier molecular flexibility index (Phi) is 3.72. The van der Waals surface area contributed by atoms with Crippen LogP contribution in [-0.2, 0) is 6.54 Å². The van der Waals surface area contributed by atoms with E-state index in [1.54, 1.807) is 10.9 Å². The highest BCUT2D eigenvalue weighted by molar-refractivity contribution is 9.10. The van der Waals surface area contributed by atoms with Crippen molar-refractivity contribution in [2.24, 2.45) is 0 Å². The third-order valence-electron chi connectivity index (χ3n) is 3.17. The fraction of sp³-hybridized carbons (Fsp3) is 0.200. The molecule has 0 aliphatic carbocycles. The highest BCUT2D eigenvalue weighted by Gasteiger charge is 2.12. The predicted octanol–water partition coefficient (Wildman–Crippen LogP) is 4.30. The number of aromatic nitrogens is 2. The van der Waals surface area contributed by atoms with Crippen LogP contribution in [0.5, 0.6) is 0 Å². The van der Waals surface area contributed by atoms with Crippen LogP contribution in [-0.4, -0.2) is 9.55 Å². The molecule has 0 bridgehead atoms. The highest BCUT2D eigenvalue weighted by Crippen LogP contribution is 2.31. The van der Waals surface area contributed by atoms with Gasteiger partial charge in [-0.25, -0.2) is 4.98 Å². The van der Waals surface area contributed by atoms with E-state index in [-0.39, 0.29) is 5.56 Å². The van der Waals surface area contributed by atoms with E-state index in [2.05, 4.69) is 27.8 Å². The number of thiophene rings is 1. The molecule has 20 heavy (non-hydrogen) atoms. The number of aryl methyl sites for hydroxylation is 1. The highest BCUT2D eigenvalue weighted by atomic mass is 79.9. The van der Waals surface area contributed by atoms with Crippen molar-refractivity contribution in [1.82, 2.24) is 9.55 Å². The van der Waals surface area contributed by atoms with Crippen LogP contribution in [0.2, 0.25) is 0 Å². The summed E-state index contributed by atoms with van der Waals surface area (Å²) in [6.45, 7) is 2.77. The summed E-state index contributed by atoms with van der Waals surface area (Å²) in [5, 5.41) is 2.01. The summed E-state index contributed by atoms with van der Waals surface area (Å²) in [7, 11) is 0. The SMILES string of the molecule is CCCn1cnc2c(-c3ccc(Br)cc3)csc2c1=O. The molecule has 2 heterocycles. The van der Waals surface area contributed by atoms with Gasteiger partial charge in [0.1, 0.15) is 4.70 Å². The van der Waals surface area contributed by atoms with E-state index >= 15 is 0 Å². The van der Waals surface area contributed by atoms with Crippen LogP contribution in [0.1, 0.15) is 13.3 Å². The minimum absolute atomic E-state index is 0.0604. The monoisotopic (exact) mass is 348 g/mol. The topological polar surface area (TPSA) is 34.9 Å². The van der Waals surface area contributed by atoms with Crippen LogP contribution in [0.3, 0.4) is 0 Å². The fourth-order valence-electron chi connectivity index (χ4n) is 2.18. The fourth-order valence-corrected chi connectivity index (χ4v) is 3.42. The number of hydrogen-bond donors (Lipinski definition) is 0. The summed E-state index contributed by atoms with van der Waals surface area (Å²) in [6, 6.07) is 8.06. The number of fused-ring (bicyclic) bond motifs is 1. The molecule has 0 aliphatic heterocycles. The van der Waals surface area contributed by atoms with E-state index in [0.29, 0.717) is 6.54 Å². The summed E-state index contributed by atoms with van der Waals surface area (Å²) in [5.41, 5.74) is 2.97. The van der Waals surface area contributed by atoms with Crippen LogP contribution in [0.25, 0.3) is 21.3 Å². The molecule has 3 aromatic rings. The van der Waals surface area contributed by atoms with Gasteiger partial charge in [0.15, 0.2) is 0 Å². The van der Waals surface area contributed by atoms with Gasteiger partial charge in [0.25, 0.3) is 5.56 Å². The van der Waals surface area contributed by atoms with Gasteiger partial charge in [-0.3, -0.25) is 9.36 Å².